The van der Waals surface area contributed by atoms with Gasteiger partial charge in [-0.15, -0.1) is 0 Å². The number of carbonyl (C=O) groups is 2. The Kier molecular flexibility index (Phi) is 5.46. The highest BCUT2D eigenvalue weighted by Gasteiger charge is 2.51. The molecule has 1 aromatic rings. The Morgan fingerprint density at radius 2 is 2.13 bits per heavy atom. The zero-order valence-electron chi connectivity index (χ0n) is 17.1. The Hall–Kier alpha value is -2.94. The van der Waals surface area contributed by atoms with E-state index in [0.717, 1.165) is 18.4 Å². The molecule has 3 heterocycles. The molecule has 3 fully saturated rings. The molecule has 30 heavy (non-hydrogen) atoms. The van der Waals surface area contributed by atoms with E-state index in [-0.39, 0.29) is 36.0 Å². The maximum Gasteiger partial charge on any atom is 0.241 e. The molecule has 156 valence electrons. The van der Waals surface area contributed by atoms with E-state index in [0.29, 0.717) is 31.7 Å². The topological polar surface area (TPSA) is 98.0 Å². The summed E-state index contributed by atoms with van der Waals surface area (Å²) in [6.45, 7) is 10.7. The van der Waals surface area contributed by atoms with Gasteiger partial charge in [0.15, 0.2) is 5.69 Å². The number of nitriles is 1. The predicted octanol–water partition coefficient (Wildman–Crippen LogP) is 1.43. The van der Waals surface area contributed by atoms with Gasteiger partial charge in [-0.25, -0.2) is 4.85 Å². The number of piperazine rings is 1. The summed E-state index contributed by atoms with van der Waals surface area (Å²) in [5.41, 5.74) is 7.79. The number of hydrogen-bond acceptors (Lipinski definition) is 5. The van der Waals surface area contributed by atoms with Gasteiger partial charge < -0.3 is 15.5 Å². The minimum Gasteiger partial charge on any atom is -0.330 e. The van der Waals surface area contributed by atoms with E-state index in [4.69, 9.17) is 12.3 Å². The Morgan fingerprint density at radius 3 is 2.77 bits per heavy atom. The molecule has 0 aromatic heterocycles. The summed E-state index contributed by atoms with van der Waals surface area (Å²) in [5.74, 6) is -0.122. The molecule has 1 aromatic carbocycles. The number of hydrogen-bond donors (Lipinski definition) is 1. The second-order valence-corrected chi connectivity index (χ2v) is 8.41. The first-order valence-electron chi connectivity index (χ1n) is 10.4. The minimum atomic E-state index is -0.724. The van der Waals surface area contributed by atoms with Crippen LogP contribution in [0.5, 0.6) is 0 Å². The summed E-state index contributed by atoms with van der Waals surface area (Å²) >= 11 is 0. The van der Waals surface area contributed by atoms with Gasteiger partial charge in [0.2, 0.25) is 11.8 Å². The van der Waals surface area contributed by atoms with Gasteiger partial charge in [0.1, 0.15) is 6.04 Å². The molecule has 3 aliphatic rings. The zero-order valence-corrected chi connectivity index (χ0v) is 17.1. The van der Waals surface area contributed by atoms with E-state index in [9.17, 15) is 14.9 Å². The quantitative estimate of drug-likeness (QED) is 0.746. The van der Waals surface area contributed by atoms with Gasteiger partial charge in [-0.1, -0.05) is 24.3 Å². The zero-order chi connectivity index (χ0) is 21.4. The van der Waals surface area contributed by atoms with Crippen LogP contribution >= 0.6 is 0 Å². The molecule has 2 bridgehead atoms. The molecule has 3 aliphatic heterocycles. The number of fused-ring (bicyclic) bond motifs is 2. The summed E-state index contributed by atoms with van der Waals surface area (Å²) in [6.07, 6.45) is 2.27. The summed E-state index contributed by atoms with van der Waals surface area (Å²) in [7, 11) is 0. The van der Waals surface area contributed by atoms with Crippen LogP contribution in [0.3, 0.4) is 0 Å². The largest absolute Gasteiger partial charge is 0.330 e. The van der Waals surface area contributed by atoms with Crippen molar-refractivity contribution in [1.82, 2.24) is 14.7 Å². The summed E-state index contributed by atoms with van der Waals surface area (Å²) < 4.78 is 0. The van der Waals surface area contributed by atoms with Gasteiger partial charge in [-0.2, -0.15) is 5.26 Å². The molecule has 3 saturated heterocycles. The van der Waals surface area contributed by atoms with Crippen molar-refractivity contribution in [2.24, 2.45) is 5.73 Å². The van der Waals surface area contributed by atoms with Crippen LogP contribution in [-0.4, -0.2) is 70.3 Å². The first-order valence-corrected chi connectivity index (χ1v) is 10.4. The average Bonchev–Trinajstić information content (AvgIpc) is 3.47. The van der Waals surface area contributed by atoms with Crippen molar-refractivity contribution in [3.63, 3.8) is 0 Å². The predicted molar refractivity (Wildman–Crippen MR) is 110 cm³/mol. The molecular weight excluding hydrogens is 380 g/mol. The highest BCUT2D eigenvalue weighted by atomic mass is 16.2. The van der Waals surface area contributed by atoms with Crippen molar-refractivity contribution in [3.8, 4) is 6.07 Å². The van der Waals surface area contributed by atoms with E-state index in [1.165, 1.54) is 0 Å². The number of nitrogens with two attached hydrogens (primary N) is 1. The van der Waals surface area contributed by atoms with Crippen LogP contribution in [0, 0.1) is 17.9 Å². The lowest BCUT2D eigenvalue weighted by atomic mass is 10.0. The van der Waals surface area contributed by atoms with Crippen LogP contribution in [0.1, 0.15) is 37.8 Å². The van der Waals surface area contributed by atoms with Gasteiger partial charge in [-0.3, -0.25) is 14.5 Å². The fourth-order valence-corrected chi connectivity index (χ4v) is 5.10. The molecule has 2 N–H and O–H groups in total. The van der Waals surface area contributed by atoms with Crippen LogP contribution in [0.4, 0.5) is 5.69 Å². The fraction of sp³-hybridized carbons (Fsp3) is 0.545. The highest BCUT2D eigenvalue weighted by Crippen LogP contribution is 2.38. The number of amides is 2. The smallest absolute Gasteiger partial charge is 0.241 e. The molecule has 8 heteroatoms. The molecule has 0 unspecified atom stereocenters. The summed E-state index contributed by atoms with van der Waals surface area (Å²) in [5, 5.41) is 9.22. The molecule has 0 aliphatic carbocycles. The Bertz CT molecular complexity index is 917. The molecular formula is C22H26N6O2. The lowest BCUT2D eigenvalue weighted by Crippen LogP contribution is -2.56. The van der Waals surface area contributed by atoms with Crippen LogP contribution in [0.15, 0.2) is 24.3 Å². The minimum absolute atomic E-state index is 0.0641. The number of likely N-dealkylation sites (tertiary alicyclic amines) is 3. The molecule has 5 atom stereocenters. The number of carbonyl (C=O) groups excluding carboxylic acids is 2. The first-order chi connectivity index (χ1) is 14.4. The van der Waals surface area contributed by atoms with Crippen molar-refractivity contribution in [3.05, 3.63) is 41.2 Å². The van der Waals surface area contributed by atoms with Crippen molar-refractivity contribution in [1.29, 1.82) is 5.26 Å². The van der Waals surface area contributed by atoms with E-state index in [2.05, 4.69) is 10.9 Å². The Labute approximate surface area is 176 Å². The number of benzene rings is 1. The maximum absolute atomic E-state index is 13.1. The maximum atomic E-state index is 13.1. The number of rotatable bonds is 5. The van der Waals surface area contributed by atoms with Crippen molar-refractivity contribution in [2.75, 3.05) is 19.6 Å². The van der Waals surface area contributed by atoms with Crippen molar-refractivity contribution < 1.29 is 9.59 Å². The van der Waals surface area contributed by atoms with Crippen LogP contribution in [0.2, 0.25) is 0 Å². The van der Waals surface area contributed by atoms with Crippen LogP contribution in [-0.2, 0) is 9.59 Å². The molecule has 0 radical (unpaired) electrons. The third-order valence-electron chi connectivity index (χ3n) is 6.67. The molecule has 0 spiro atoms. The first kappa shape index (κ1) is 20.3. The lowest BCUT2D eigenvalue weighted by molar-refractivity contribution is -0.140. The van der Waals surface area contributed by atoms with Crippen LogP contribution < -0.4 is 5.73 Å². The van der Waals surface area contributed by atoms with Gasteiger partial charge in [0.05, 0.1) is 30.8 Å². The van der Waals surface area contributed by atoms with Gasteiger partial charge in [0, 0.05) is 25.7 Å². The summed E-state index contributed by atoms with van der Waals surface area (Å²) in [4.78, 5) is 34.7. The Morgan fingerprint density at radius 1 is 1.40 bits per heavy atom. The monoisotopic (exact) mass is 406 g/mol. The fourth-order valence-electron chi connectivity index (χ4n) is 5.10. The standard InChI is InChI=1S/C22H26N6O2/c1-14(15-5-7-16(25-2)8-6-15)28-18-10-20(22(28)30)26(12-18)13-19(24)21(29)27-9-3-4-17(27)11-23/h5-8,14,17-20H,3-4,9-10,12-13,24H2,1H3/t14-,17+,18-,19+,20-/m1/s1. The normalized spacial score (nSPS) is 27.7. The SMILES string of the molecule is [C-]#[N+]c1ccc([C@@H](C)N2C(=O)[C@H]3C[C@@H]2CN3C[C@H](N)C(=O)N2CCC[C@H]2C#N)cc1. The third kappa shape index (κ3) is 3.43. The van der Waals surface area contributed by atoms with E-state index < -0.39 is 6.04 Å². The molecule has 2 amide bonds. The molecule has 0 saturated carbocycles. The van der Waals surface area contributed by atoms with E-state index in [1.807, 2.05) is 28.9 Å². The lowest BCUT2D eigenvalue weighted by Gasteiger charge is -2.38. The number of nitrogens with zero attached hydrogens (tertiary/aromatic N) is 5. The highest BCUT2D eigenvalue weighted by molar-refractivity contribution is 5.87. The second-order valence-electron chi connectivity index (χ2n) is 8.41. The van der Waals surface area contributed by atoms with E-state index >= 15 is 0 Å². The van der Waals surface area contributed by atoms with E-state index in [1.54, 1.807) is 17.0 Å². The van der Waals surface area contributed by atoms with Gasteiger partial charge in [0.25, 0.3) is 0 Å². The Balaban J connectivity index is 1.39. The summed E-state index contributed by atoms with van der Waals surface area (Å²) in [6, 6.07) is 8.23. The third-order valence-corrected chi connectivity index (χ3v) is 6.67. The average molecular weight is 406 g/mol. The molecule has 4 rings (SSSR count). The van der Waals surface area contributed by atoms with Gasteiger partial charge in [-0.05, 0) is 31.7 Å². The second kappa shape index (κ2) is 8.06. The van der Waals surface area contributed by atoms with Crippen molar-refractivity contribution >= 4 is 17.5 Å². The molecule has 8 nitrogen and oxygen atoms in total. The van der Waals surface area contributed by atoms with Gasteiger partial charge >= 0.3 is 0 Å². The van der Waals surface area contributed by atoms with Crippen molar-refractivity contribution in [2.45, 2.75) is 56.4 Å². The van der Waals surface area contributed by atoms with Crippen LogP contribution in [0.25, 0.3) is 4.85 Å².